The van der Waals surface area contributed by atoms with E-state index >= 15 is 0 Å². The highest BCUT2D eigenvalue weighted by molar-refractivity contribution is 5.72. The van der Waals surface area contributed by atoms with Crippen LogP contribution in [0.25, 0.3) is 0 Å². The molecule has 0 amide bonds. The van der Waals surface area contributed by atoms with E-state index in [1.165, 1.54) is 18.4 Å². The molecule has 0 N–H and O–H groups in total. The summed E-state index contributed by atoms with van der Waals surface area (Å²) in [5, 5.41) is 0. The first kappa shape index (κ1) is 16.5. The Balaban J connectivity index is 2.11. The van der Waals surface area contributed by atoms with Gasteiger partial charge in [-0.1, -0.05) is 49.2 Å². The molecule has 0 aromatic heterocycles. The van der Waals surface area contributed by atoms with Gasteiger partial charge in [0.2, 0.25) is 0 Å². The Morgan fingerprint density at radius 3 is 2.60 bits per heavy atom. The van der Waals surface area contributed by atoms with Gasteiger partial charge in [0, 0.05) is 0 Å². The highest BCUT2D eigenvalue weighted by Crippen LogP contribution is 2.14. The molecule has 2 nitrogen and oxygen atoms in total. The molecule has 110 valence electrons. The van der Waals surface area contributed by atoms with E-state index in [1.54, 1.807) is 0 Å². The van der Waals surface area contributed by atoms with Crippen LogP contribution in [0.4, 0.5) is 0 Å². The monoisotopic (exact) mass is 274 g/mol. The number of allylic oxidation sites excluding steroid dienone is 1. The molecule has 1 aromatic rings. The van der Waals surface area contributed by atoms with E-state index in [1.807, 2.05) is 30.3 Å². The maximum atomic E-state index is 11.7. The molecule has 0 bridgehead atoms. The number of carbonyl (C=O) groups excluding carboxylic acids is 1. The summed E-state index contributed by atoms with van der Waals surface area (Å²) in [5.74, 6) is 0.462. The number of hydrogen-bond acceptors (Lipinski definition) is 2. The number of carbonyl (C=O) groups is 1. The molecule has 1 rings (SSSR count). The van der Waals surface area contributed by atoms with E-state index < -0.39 is 0 Å². The minimum atomic E-state index is -0.134. The minimum absolute atomic E-state index is 0.134. The lowest BCUT2D eigenvalue weighted by atomic mass is 9.99. The molecule has 0 aliphatic heterocycles. The van der Waals surface area contributed by atoms with Crippen molar-refractivity contribution in [3.63, 3.8) is 0 Å². The van der Waals surface area contributed by atoms with Crippen LogP contribution in [0.2, 0.25) is 0 Å². The van der Waals surface area contributed by atoms with Crippen LogP contribution in [0.1, 0.15) is 45.1 Å². The molecule has 0 saturated carbocycles. The highest BCUT2D eigenvalue weighted by atomic mass is 16.5. The first-order valence-electron chi connectivity index (χ1n) is 7.42. The second-order valence-electron chi connectivity index (χ2n) is 5.63. The second kappa shape index (κ2) is 9.35. The molecule has 0 saturated heterocycles. The molecule has 0 fully saturated rings. The van der Waals surface area contributed by atoms with Crippen LogP contribution < -0.4 is 0 Å². The van der Waals surface area contributed by atoms with Gasteiger partial charge < -0.3 is 4.74 Å². The fourth-order valence-corrected chi connectivity index (χ4v) is 2.08. The summed E-state index contributed by atoms with van der Waals surface area (Å²) in [6, 6.07) is 9.71. The summed E-state index contributed by atoms with van der Waals surface area (Å²) in [6.45, 7) is 8.71. The van der Waals surface area contributed by atoms with Crippen LogP contribution in [-0.2, 0) is 16.0 Å². The standard InChI is InChI=1S/C18H26O2/c1-15(2)8-7-9-16(3)12-13-20-18(19)14-17-10-5-4-6-11-17/h4-6,10-11,16H,1,7-9,12-14H2,2-3H3. The van der Waals surface area contributed by atoms with Crippen LogP contribution in [0, 0.1) is 5.92 Å². The smallest absolute Gasteiger partial charge is 0.310 e. The van der Waals surface area contributed by atoms with Crippen molar-refractivity contribution in [2.75, 3.05) is 6.61 Å². The average Bonchev–Trinajstić information content (AvgIpc) is 2.39. The third kappa shape index (κ3) is 7.78. The summed E-state index contributed by atoms with van der Waals surface area (Å²) < 4.78 is 5.29. The molecule has 2 heteroatoms. The minimum Gasteiger partial charge on any atom is -0.465 e. The Labute approximate surface area is 122 Å². The molecule has 1 unspecified atom stereocenters. The van der Waals surface area contributed by atoms with Gasteiger partial charge in [-0.25, -0.2) is 0 Å². The van der Waals surface area contributed by atoms with Gasteiger partial charge in [0.25, 0.3) is 0 Å². The molecule has 0 aliphatic carbocycles. The van der Waals surface area contributed by atoms with Crippen LogP contribution >= 0.6 is 0 Å². The van der Waals surface area contributed by atoms with Gasteiger partial charge in [-0.15, -0.1) is 6.58 Å². The Kier molecular flexibility index (Phi) is 7.71. The zero-order chi connectivity index (χ0) is 14.8. The van der Waals surface area contributed by atoms with Crippen LogP contribution in [0.5, 0.6) is 0 Å². The molecule has 0 spiro atoms. The van der Waals surface area contributed by atoms with Gasteiger partial charge in [0.1, 0.15) is 0 Å². The lowest BCUT2D eigenvalue weighted by Crippen LogP contribution is -2.11. The van der Waals surface area contributed by atoms with Gasteiger partial charge >= 0.3 is 5.97 Å². The SMILES string of the molecule is C=C(C)CCCC(C)CCOC(=O)Cc1ccccc1. The summed E-state index contributed by atoms with van der Waals surface area (Å²) in [6.07, 6.45) is 4.75. The van der Waals surface area contributed by atoms with Crippen molar-refractivity contribution in [2.45, 2.75) is 46.0 Å². The van der Waals surface area contributed by atoms with Crippen LogP contribution in [0.15, 0.2) is 42.5 Å². The Bertz CT molecular complexity index is 409. The molecular weight excluding hydrogens is 248 g/mol. The van der Waals surface area contributed by atoms with E-state index in [9.17, 15) is 4.79 Å². The van der Waals surface area contributed by atoms with Gasteiger partial charge in [-0.05, 0) is 37.7 Å². The van der Waals surface area contributed by atoms with Gasteiger partial charge in [0.15, 0.2) is 0 Å². The lowest BCUT2D eigenvalue weighted by Gasteiger charge is -2.11. The van der Waals surface area contributed by atoms with Crippen molar-refractivity contribution in [1.29, 1.82) is 0 Å². The Hall–Kier alpha value is -1.57. The largest absolute Gasteiger partial charge is 0.465 e. The Morgan fingerprint density at radius 1 is 1.25 bits per heavy atom. The molecule has 0 heterocycles. The number of ether oxygens (including phenoxy) is 1. The first-order chi connectivity index (χ1) is 9.58. The maximum Gasteiger partial charge on any atom is 0.310 e. The highest BCUT2D eigenvalue weighted by Gasteiger charge is 2.07. The fraction of sp³-hybridized carbons (Fsp3) is 0.500. The van der Waals surface area contributed by atoms with Crippen LogP contribution in [0.3, 0.4) is 0 Å². The topological polar surface area (TPSA) is 26.3 Å². The van der Waals surface area contributed by atoms with E-state index in [2.05, 4.69) is 20.4 Å². The number of rotatable bonds is 9. The summed E-state index contributed by atoms with van der Waals surface area (Å²) in [5.41, 5.74) is 2.25. The fourth-order valence-electron chi connectivity index (χ4n) is 2.08. The predicted octanol–water partition coefficient (Wildman–Crippen LogP) is 4.54. The maximum absolute atomic E-state index is 11.7. The van der Waals surface area contributed by atoms with Crippen molar-refractivity contribution in [3.05, 3.63) is 48.0 Å². The number of benzene rings is 1. The molecule has 20 heavy (non-hydrogen) atoms. The summed E-state index contributed by atoms with van der Waals surface area (Å²) in [4.78, 5) is 11.7. The predicted molar refractivity (Wildman–Crippen MR) is 83.6 cm³/mol. The zero-order valence-electron chi connectivity index (χ0n) is 12.7. The van der Waals surface area contributed by atoms with Gasteiger partial charge in [-0.2, -0.15) is 0 Å². The van der Waals surface area contributed by atoms with Crippen molar-refractivity contribution >= 4 is 5.97 Å². The second-order valence-corrected chi connectivity index (χ2v) is 5.63. The molecule has 0 radical (unpaired) electrons. The molecule has 1 atom stereocenters. The third-order valence-corrected chi connectivity index (χ3v) is 3.37. The Morgan fingerprint density at radius 2 is 1.95 bits per heavy atom. The summed E-state index contributed by atoms with van der Waals surface area (Å²) in [7, 11) is 0. The molecule has 0 aliphatic rings. The van der Waals surface area contributed by atoms with E-state index in [4.69, 9.17) is 4.74 Å². The molecule has 1 aromatic carbocycles. The van der Waals surface area contributed by atoms with E-state index in [-0.39, 0.29) is 5.97 Å². The van der Waals surface area contributed by atoms with Crippen molar-refractivity contribution < 1.29 is 9.53 Å². The lowest BCUT2D eigenvalue weighted by molar-refractivity contribution is -0.143. The van der Waals surface area contributed by atoms with Crippen LogP contribution in [-0.4, -0.2) is 12.6 Å². The van der Waals surface area contributed by atoms with E-state index in [0.717, 1.165) is 18.4 Å². The molecular formula is C18H26O2. The quantitative estimate of drug-likeness (QED) is 0.488. The zero-order valence-corrected chi connectivity index (χ0v) is 12.7. The van der Waals surface area contributed by atoms with Crippen molar-refractivity contribution in [3.8, 4) is 0 Å². The summed E-state index contributed by atoms with van der Waals surface area (Å²) >= 11 is 0. The van der Waals surface area contributed by atoms with Gasteiger partial charge in [0.05, 0.1) is 13.0 Å². The third-order valence-electron chi connectivity index (χ3n) is 3.37. The van der Waals surface area contributed by atoms with Crippen molar-refractivity contribution in [1.82, 2.24) is 0 Å². The van der Waals surface area contributed by atoms with Gasteiger partial charge in [-0.3, -0.25) is 4.79 Å². The normalized spacial score (nSPS) is 11.9. The number of esters is 1. The average molecular weight is 274 g/mol. The van der Waals surface area contributed by atoms with E-state index in [0.29, 0.717) is 18.9 Å². The first-order valence-corrected chi connectivity index (χ1v) is 7.42. The van der Waals surface area contributed by atoms with Crippen molar-refractivity contribution in [2.24, 2.45) is 5.92 Å². The number of hydrogen-bond donors (Lipinski definition) is 0.